The summed E-state index contributed by atoms with van der Waals surface area (Å²) in [6.45, 7) is -0.526. The molecule has 0 saturated carbocycles. The molecular weight excluding hydrogens is 258 g/mol. The van der Waals surface area contributed by atoms with Gasteiger partial charge in [0.15, 0.2) is 6.23 Å². The van der Waals surface area contributed by atoms with Crippen LogP contribution in [-0.4, -0.2) is 55.9 Å². The third kappa shape index (κ3) is 2.26. The van der Waals surface area contributed by atoms with E-state index in [2.05, 4.69) is 0 Å². The molecule has 1 saturated heterocycles. The standard InChI is InChI=1S/C11H13NO7/c13-4-6-7(14)8(15)10(19-6)12-3-1-2-5(9(12)16)11(17)18/h1-3,6-8,10,13-15H,4H2,(H,17,18). The topological polar surface area (TPSA) is 129 Å². The van der Waals surface area contributed by atoms with E-state index in [1.807, 2.05) is 0 Å². The van der Waals surface area contributed by atoms with E-state index >= 15 is 0 Å². The Hall–Kier alpha value is -1.74. The van der Waals surface area contributed by atoms with Gasteiger partial charge in [0.1, 0.15) is 23.9 Å². The molecule has 1 aliphatic rings. The molecule has 0 aliphatic carbocycles. The summed E-state index contributed by atoms with van der Waals surface area (Å²) in [5.41, 5.74) is -1.33. The van der Waals surface area contributed by atoms with Crippen LogP contribution in [0, 0.1) is 0 Å². The van der Waals surface area contributed by atoms with Crippen LogP contribution in [0.15, 0.2) is 23.1 Å². The minimum absolute atomic E-state index is 0.472. The molecular formula is C11H13NO7. The van der Waals surface area contributed by atoms with Crippen molar-refractivity contribution in [2.45, 2.75) is 24.5 Å². The summed E-state index contributed by atoms with van der Waals surface area (Å²) >= 11 is 0. The molecule has 1 aromatic rings. The predicted octanol–water partition coefficient (Wildman–Crippen LogP) is -1.84. The normalized spacial score (nSPS) is 30.5. The fourth-order valence-electron chi connectivity index (χ4n) is 1.98. The number of aliphatic hydroxyl groups excluding tert-OH is 3. The Labute approximate surface area is 107 Å². The van der Waals surface area contributed by atoms with E-state index in [4.69, 9.17) is 14.9 Å². The van der Waals surface area contributed by atoms with E-state index < -0.39 is 48.2 Å². The number of pyridine rings is 1. The van der Waals surface area contributed by atoms with Crippen molar-refractivity contribution in [3.8, 4) is 0 Å². The number of ether oxygens (including phenoxy) is 1. The maximum atomic E-state index is 11.9. The van der Waals surface area contributed by atoms with Crippen molar-refractivity contribution in [3.05, 3.63) is 34.2 Å². The lowest BCUT2D eigenvalue weighted by Gasteiger charge is -2.17. The fraction of sp³-hybridized carbons (Fsp3) is 0.455. The van der Waals surface area contributed by atoms with Crippen molar-refractivity contribution in [2.75, 3.05) is 6.61 Å². The number of aromatic nitrogens is 1. The first-order chi connectivity index (χ1) is 8.97. The first-order valence-electron chi connectivity index (χ1n) is 5.54. The van der Waals surface area contributed by atoms with Gasteiger partial charge in [-0.05, 0) is 12.1 Å². The van der Waals surface area contributed by atoms with E-state index in [9.17, 15) is 19.8 Å². The van der Waals surface area contributed by atoms with Crippen LogP contribution in [0.25, 0.3) is 0 Å². The van der Waals surface area contributed by atoms with Crippen LogP contribution in [0.4, 0.5) is 0 Å². The number of carboxylic acids is 1. The van der Waals surface area contributed by atoms with Crippen molar-refractivity contribution in [2.24, 2.45) is 0 Å². The monoisotopic (exact) mass is 271 g/mol. The highest BCUT2D eigenvalue weighted by molar-refractivity contribution is 5.86. The molecule has 0 aromatic carbocycles. The molecule has 2 heterocycles. The average Bonchev–Trinajstić information content (AvgIpc) is 2.66. The van der Waals surface area contributed by atoms with Gasteiger partial charge in [0.25, 0.3) is 5.56 Å². The Kier molecular flexibility index (Phi) is 3.67. The van der Waals surface area contributed by atoms with Crippen molar-refractivity contribution in [1.29, 1.82) is 0 Å². The first kappa shape index (κ1) is 13.7. The summed E-state index contributed by atoms with van der Waals surface area (Å²) in [4.78, 5) is 22.7. The van der Waals surface area contributed by atoms with E-state index in [1.54, 1.807) is 0 Å². The molecule has 104 valence electrons. The summed E-state index contributed by atoms with van der Waals surface area (Å²) < 4.78 is 6.04. The predicted molar refractivity (Wildman–Crippen MR) is 60.7 cm³/mol. The number of hydrogen-bond donors (Lipinski definition) is 4. The number of aromatic carboxylic acids is 1. The molecule has 0 amide bonds. The zero-order valence-electron chi connectivity index (χ0n) is 9.71. The fourth-order valence-corrected chi connectivity index (χ4v) is 1.98. The molecule has 2 rings (SSSR count). The third-order valence-corrected chi connectivity index (χ3v) is 3.00. The maximum absolute atomic E-state index is 11.9. The molecule has 0 radical (unpaired) electrons. The lowest BCUT2D eigenvalue weighted by molar-refractivity contribution is -0.0545. The first-order valence-corrected chi connectivity index (χ1v) is 5.54. The quantitative estimate of drug-likeness (QED) is 0.508. The zero-order chi connectivity index (χ0) is 14.2. The summed E-state index contributed by atoms with van der Waals surface area (Å²) in [6.07, 6.45) is -3.80. The molecule has 19 heavy (non-hydrogen) atoms. The molecule has 8 heteroatoms. The number of carboxylic acid groups (broad SMARTS) is 1. The van der Waals surface area contributed by atoms with Crippen molar-refractivity contribution < 1.29 is 30.0 Å². The van der Waals surface area contributed by atoms with Crippen LogP contribution in [0.1, 0.15) is 16.6 Å². The summed E-state index contributed by atoms with van der Waals surface area (Å²) in [6, 6.07) is 2.45. The van der Waals surface area contributed by atoms with Gasteiger partial charge in [0.05, 0.1) is 6.61 Å². The van der Waals surface area contributed by atoms with Crippen LogP contribution >= 0.6 is 0 Å². The van der Waals surface area contributed by atoms with Crippen LogP contribution < -0.4 is 5.56 Å². The largest absolute Gasteiger partial charge is 0.477 e. The van der Waals surface area contributed by atoms with Gasteiger partial charge >= 0.3 is 5.97 Å². The SMILES string of the molecule is O=C(O)c1cccn(C2OC(CO)C(O)C2O)c1=O. The Morgan fingerprint density at radius 1 is 1.37 bits per heavy atom. The second-order valence-electron chi connectivity index (χ2n) is 4.17. The molecule has 1 aliphatic heterocycles. The summed E-state index contributed by atoms with van der Waals surface area (Å²) in [5, 5.41) is 37.2. The Balaban J connectivity index is 2.41. The Bertz CT molecular complexity index is 540. The molecule has 1 aromatic heterocycles. The second-order valence-corrected chi connectivity index (χ2v) is 4.17. The molecule has 4 N–H and O–H groups in total. The lowest BCUT2D eigenvalue weighted by Crippen LogP contribution is -2.36. The van der Waals surface area contributed by atoms with Gasteiger partial charge in [-0.3, -0.25) is 9.36 Å². The number of nitrogens with zero attached hydrogens (tertiary/aromatic N) is 1. The van der Waals surface area contributed by atoms with Crippen molar-refractivity contribution in [3.63, 3.8) is 0 Å². The van der Waals surface area contributed by atoms with Gasteiger partial charge in [-0.2, -0.15) is 0 Å². The number of aliphatic hydroxyl groups is 3. The highest BCUT2D eigenvalue weighted by Gasteiger charge is 2.43. The summed E-state index contributed by atoms with van der Waals surface area (Å²) in [5.74, 6) is -1.40. The lowest BCUT2D eigenvalue weighted by atomic mass is 10.1. The molecule has 1 fully saturated rings. The van der Waals surface area contributed by atoms with Gasteiger partial charge in [0, 0.05) is 6.20 Å². The van der Waals surface area contributed by atoms with Crippen LogP contribution in [-0.2, 0) is 4.74 Å². The van der Waals surface area contributed by atoms with Gasteiger partial charge in [-0.25, -0.2) is 4.79 Å². The van der Waals surface area contributed by atoms with Gasteiger partial charge in [-0.1, -0.05) is 0 Å². The minimum atomic E-state index is -1.43. The average molecular weight is 271 g/mol. The Morgan fingerprint density at radius 3 is 2.58 bits per heavy atom. The Morgan fingerprint density at radius 2 is 2.05 bits per heavy atom. The number of hydrogen-bond acceptors (Lipinski definition) is 6. The number of carbonyl (C=O) groups is 1. The van der Waals surface area contributed by atoms with Gasteiger partial charge in [-0.15, -0.1) is 0 Å². The van der Waals surface area contributed by atoms with Crippen molar-refractivity contribution >= 4 is 5.97 Å². The zero-order valence-corrected chi connectivity index (χ0v) is 9.71. The second kappa shape index (κ2) is 5.10. The molecule has 4 atom stereocenters. The summed E-state index contributed by atoms with van der Waals surface area (Å²) in [7, 11) is 0. The minimum Gasteiger partial charge on any atom is -0.477 e. The molecule has 4 unspecified atom stereocenters. The highest BCUT2D eigenvalue weighted by atomic mass is 16.6. The number of rotatable bonds is 3. The van der Waals surface area contributed by atoms with E-state index in [-0.39, 0.29) is 0 Å². The van der Waals surface area contributed by atoms with E-state index in [0.29, 0.717) is 0 Å². The van der Waals surface area contributed by atoms with Gasteiger partial charge < -0.3 is 25.2 Å². The van der Waals surface area contributed by atoms with Crippen molar-refractivity contribution in [1.82, 2.24) is 4.57 Å². The smallest absolute Gasteiger partial charge is 0.341 e. The van der Waals surface area contributed by atoms with Gasteiger partial charge in [0.2, 0.25) is 0 Å². The van der Waals surface area contributed by atoms with E-state index in [0.717, 1.165) is 10.6 Å². The van der Waals surface area contributed by atoms with Crippen LogP contribution in [0.2, 0.25) is 0 Å². The maximum Gasteiger partial charge on any atom is 0.341 e. The van der Waals surface area contributed by atoms with Crippen LogP contribution in [0.5, 0.6) is 0 Å². The third-order valence-electron chi connectivity index (χ3n) is 3.00. The van der Waals surface area contributed by atoms with Crippen LogP contribution in [0.3, 0.4) is 0 Å². The highest BCUT2D eigenvalue weighted by Crippen LogP contribution is 2.28. The molecule has 8 nitrogen and oxygen atoms in total. The molecule has 0 spiro atoms. The molecule has 0 bridgehead atoms. The van der Waals surface area contributed by atoms with E-state index in [1.165, 1.54) is 12.3 Å².